The molecule has 0 saturated heterocycles. The Labute approximate surface area is 250 Å². The largest absolute Gasteiger partial charge is 1.00 e. The van der Waals surface area contributed by atoms with Gasteiger partial charge in [0.2, 0.25) is 5.88 Å². The SMILES string of the molecule is CCO[C@@H](CC(=O)[O-])c1ccc(O[C@@H]2COc3c(-c4ccc(OCCCS(C)(=O)=O)nc4)cccc32)cc1.[Na+]. The fraction of sp³-hybridized carbons (Fsp3) is 0.357. The summed E-state index contributed by atoms with van der Waals surface area (Å²) in [6.45, 7) is 2.82. The number of para-hydroxylation sites is 1. The quantitative estimate of drug-likeness (QED) is 0.213. The van der Waals surface area contributed by atoms with Gasteiger partial charge in [0, 0.05) is 54.2 Å². The van der Waals surface area contributed by atoms with Crippen molar-refractivity contribution in [1.29, 1.82) is 0 Å². The van der Waals surface area contributed by atoms with Crippen LogP contribution >= 0.6 is 0 Å². The summed E-state index contributed by atoms with van der Waals surface area (Å²) in [5.74, 6) is 0.682. The number of benzene rings is 2. The Morgan fingerprint density at radius 1 is 1.15 bits per heavy atom. The molecule has 0 N–H and O–H groups in total. The fourth-order valence-corrected chi connectivity index (χ4v) is 4.86. The number of hydrogen-bond donors (Lipinski definition) is 0. The minimum absolute atomic E-state index is 0. The molecule has 2 aromatic carbocycles. The molecule has 39 heavy (non-hydrogen) atoms. The first kappa shape index (κ1) is 30.9. The standard InChI is InChI=1S/C28H31NO8S.Na/c1-3-34-24(16-27(30)31)19-8-11-21(12-9-19)37-25-18-36-28-22(6-4-7-23(25)28)20-10-13-26(29-17-20)35-14-5-15-38(2,32)33;/h4,6-13,17,24-25H,3,5,14-16,18H2,1-2H3,(H,30,31);/q;+1/p-1/t24-,25+;/m0./s1. The van der Waals surface area contributed by atoms with Crippen molar-refractivity contribution in [2.45, 2.75) is 32.0 Å². The number of fused-ring (bicyclic) bond motifs is 1. The van der Waals surface area contributed by atoms with Crippen LogP contribution in [-0.4, -0.2) is 51.2 Å². The molecule has 0 saturated carbocycles. The zero-order chi connectivity index (χ0) is 27.1. The molecule has 1 aliphatic heterocycles. The Bertz CT molecular complexity index is 1350. The molecule has 0 aliphatic carbocycles. The summed E-state index contributed by atoms with van der Waals surface area (Å²) in [6, 6.07) is 16.6. The maximum absolute atomic E-state index is 11.2. The minimum Gasteiger partial charge on any atom is -0.550 e. The van der Waals surface area contributed by atoms with Crippen LogP contribution in [0.3, 0.4) is 0 Å². The van der Waals surface area contributed by atoms with E-state index in [9.17, 15) is 18.3 Å². The van der Waals surface area contributed by atoms with E-state index in [1.807, 2.05) is 31.2 Å². The number of aromatic nitrogens is 1. The van der Waals surface area contributed by atoms with E-state index in [2.05, 4.69) is 4.98 Å². The summed E-state index contributed by atoms with van der Waals surface area (Å²) in [6.07, 6.45) is 2.19. The third-order valence-electron chi connectivity index (χ3n) is 5.98. The fourth-order valence-electron chi connectivity index (χ4n) is 4.22. The van der Waals surface area contributed by atoms with E-state index in [1.54, 1.807) is 36.5 Å². The van der Waals surface area contributed by atoms with Crippen LogP contribution in [0, 0.1) is 0 Å². The predicted molar refractivity (Wildman–Crippen MR) is 139 cm³/mol. The molecule has 1 aromatic heterocycles. The zero-order valence-electron chi connectivity index (χ0n) is 22.3. The number of carbonyl (C=O) groups excluding carboxylic acids is 1. The molecule has 0 radical (unpaired) electrons. The number of pyridine rings is 1. The summed E-state index contributed by atoms with van der Waals surface area (Å²) in [5, 5.41) is 11.0. The second-order valence-electron chi connectivity index (χ2n) is 8.95. The van der Waals surface area contributed by atoms with Gasteiger partial charge in [0.15, 0.2) is 6.10 Å². The molecule has 9 nitrogen and oxygen atoms in total. The van der Waals surface area contributed by atoms with Gasteiger partial charge in [-0.15, -0.1) is 0 Å². The van der Waals surface area contributed by atoms with E-state index in [0.29, 0.717) is 31.3 Å². The van der Waals surface area contributed by atoms with E-state index in [4.69, 9.17) is 18.9 Å². The van der Waals surface area contributed by atoms with Gasteiger partial charge in [-0.3, -0.25) is 0 Å². The number of ether oxygens (including phenoxy) is 4. The Morgan fingerprint density at radius 3 is 2.56 bits per heavy atom. The molecule has 2 atom stereocenters. The maximum atomic E-state index is 11.2. The molecule has 202 valence electrons. The van der Waals surface area contributed by atoms with Crippen molar-refractivity contribution in [2.75, 3.05) is 31.8 Å². The molecule has 0 bridgehead atoms. The van der Waals surface area contributed by atoms with Crippen molar-refractivity contribution in [1.82, 2.24) is 4.98 Å². The van der Waals surface area contributed by atoms with Gasteiger partial charge in [-0.25, -0.2) is 13.4 Å². The minimum atomic E-state index is -3.01. The predicted octanol–water partition coefficient (Wildman–Crippen LogP) is 0.296. The number of rotatable bonds is 13. The number of aliphatic carboxylic acids is 1. The molecule has 0 fully saturated rings. The van der Waals surface area contributed by atoms with Gasteiger partial charge in [0.05, 0.1) is 18.5 Å². The monoisotopic (exact) mass is 563 g/mol. The topological polar surface area (TPSA) is 124 Å². The number of nitrogens with zero attached hydrogens (tertiary/aromatic N) is 1. The molecule has 1 aliphatic rings. The van der Waals surface area contributed by atoms with E-state index >= 15 is 0 Å². The first-order chi connectivity index (χ1) is 18.2. The van der Waals surface area contributed by atoms with Crippen molar-refractivity contribution >= 4 is 15.8 Å². The van der Waals surface area contributed by atoms with Crippen LogP contribution in [0.2, 0.25) is 0 Å². The molecule has 0 amide bonds. The van der Waals surface area contributed by atoms with E-state index in [0.717, 1.165) is 28.0 Å². The van der Waals surface area contributed by atoms with Crippen LogP contribution in [0.15, 0.2) is 60.8 Å². The van der Waals surface area contributed by atoms with Crippen LogP contribution in [0.25, 0.3) is 11.1 Å². The summed E-state index contributed by atoms with van der Waals surface area (Å²) >= 11 is 0. The maximum Gasteiger partial charge on any atom is 1.00 e. The Kier molecular flexibility index (Phi) is 11.2. The molecule has 2 heterocycles. The summed E-state index contributed by atoms with van der Waals surface area (Å²) < 4.78 is 45.8. The summed E-state index contributed by atoms with van der Waals surface area (Å²) in [5.41, 5.74) is 3.38. The Hall–Kier alpha value is -2.63. The summed E-state index contributed by atoms with van der Waals surface area (Å²) in [4.78, 5) is 15.4. The van der Waals surface area contributed by atoms with Gasteiger partial charge in [-0.2, -0.15) is 0 Å². The normalized spacial score (nSPS) is 15.0. The van der Waals surface area contributed by atoms with Crippen LogP contribution in [-0.2, 0) is 19.4 Å². The molecule has 4 rings (SSSR count). The smallest absolute Gasteiger partial charge is 0.550 e. The van der Waals surface area contributed by atoms with Gasteiger partial charge < -0.3 is 28.8 Å². The van der Waals surface area contributed by atoms with Crippen LogP contribution in [0.1, 0.15) is 43.1 Å². The zero-order valence-corrected chi connectivity index (χ0v) is 25.1. The van der Waals surface area contributed by atoms with Crippen molar-refractivity contribution in [3.63, 3.8) is 0 Å². The third kappa shape index (κ3) is 8.68. The summed E-state index contributed by atoms with van der Waals surface area (Å²) in [7, 11) is -3.01. The van der Waals surface area contributed by atoms with Crippen LogP contribution in [0.5, 0.6) is 17.4 Å². The van der Waals surface area contributed by atoms with Gasteiger partial charge in [-0.1, -0.05) is 30.3 Å². The molecule has 11 heteroatoms. The molecular weight excluding hydrogens is 533 g/mol. The van der Waals surface area contributed by atoms with Gasteiger partial charge in [0.25, 0.3) is 0 Å². The van der Waals surface area contributed by atoms with Crippen LogP contribution in [0.4, 0.5) is 0 Å². The average Bonchev–Trinajstić information content (AvgIpc) is 3.29. The average molecular weight is 564 g/mol. The van der Waals surface area contributed by atoms with E-state index in [-0.39, 0.29) is 54.4 Å². The number of carbonyl (C=O) groups is 1. The molecular formula is C28H30NNaO8S. The van der Waals surface area contributed by atoms with Gasteiger partial charge >= 0.3 is 29.6 Å². The van der Waals surface area contributed by atoms with E-state index < -0.39 is 21.9 Å². The van der Waals surface area contributed by atoms with Crippen LogP contribution < -0.4 is 48.9 Å². The number of hydrogen-bond acceptors (Lipinski definition) is 9. The van der Waals surface area contributed by atoms with Gasteiger partial charge in [-0.05, 0) is 37.1 Å². The van der Waals surface area contributed by atoms with Gasteiger partial charge in [0.1, 0.15) is 27.9 Å². The molecule has 0 spiro atoms. The number of sulfone groups is 1. The third-order valence-corrected chi connectivity index (χ3v) is 7.01. The molecule has 3 aromatic rings. The van der Waals surface area contributed by atoms with Crippen molar-refractivity contribution in [3.8, 4) is 28.5 Å². The van der Waals surface area contributed by atoms with Crippen molar-refractivity contribution < 1.29 is 66.8 Å². The second-order valence-corrected chi connectivity index (χ2v) is 11.2. The van der Waals surface area contributed by atoms with Crippen molar-refractivity contribution in [3.05, 3.63) is 71.9 Å². The number of carboxylic acids is 1. The number of carboxylic acid groups (broad SMARTS) is 1. The molecule has 0 unspecified atom stereocenters. The van der Waals surface area contributed by atoms with E-state index in [1.165, 1.54) is 6.26 Å². The Balaban J connectivity index is 0.00000420. The Morgan fingerprint density at radius 2 is 1.92 bits per heavy atom. The first-order valence-corrected chi connectivity index (χ1v) is 14.4. The second kappa shape index (κ2) is 14.1. The van der Waals surface area contributed by atoms with Crippen molar-refractivity contribution in [2.24, 2.45) is 0 Å². The first-order valence-electron chi connectivity index (χ1n) is 12.3.